The van der Waals surface area contributed by atoms with Crippen LogP contribution < -0.4 is 20.5 Å². The van der Waals surface area contributed by atoms with Gasteiger partial charge in [0.05, 0.1) is 20.4 Å². The van der Waals surface area contributed by atoms with Crippen LogP contribution in [0.25, 0.3) is 5.65 Å². The van der Waals surface area contributed by atoms with Gasteiger partial charge in [0.1, 0.15) is 5.82 Å². The number of anilines is 3. The second-order valence-electron chi connectivity index (χ2n) is 4.37. The molecule has 0 aliphatic heterocycles. The largest absolute Gasteiger partial charge is 0.493 e. The molecule has 2 heterocycles. The molecule has 21 heavy (non-hydrogen) atoms. The highest BCUT2D eigenvalue weighted by Crippen LogP contribution is 2.31. The molecule has 2 aromatic heterocycles. The number of imidazole rings is 1. The van der Waals surface area contributed by atoms with E-state index in [4.69, 9.17) is 15.2 Å². The molecule has 7 nitrogen and oxygen atoms in total. The van der Waals surface area contributed by atoms with Crippen molar-refractivity contribution in [3.05, 3.63) is 36.8 Å². The zero-order chi connectivity index (χ0) is 14.8. The first-order valence-corrected chi connectivity index (χ1v) is 6.29. The normalized spacial score (nSPS) is 10.6. The number of nitrogens with zero attached hydrogens (tertiary/aromatic N) is 3. The maximum Gasteiger partial charge on any atom is 0.180 e. The molecule has 0 aliphatic carbocycles. The number of aromatic nitrogens is 3. The van der Waals surface area contributed by atoms with Gasteiger partial charge >= 0.3 is 0 Å². The monoisotopic (exact) mass is 285 g/mol. The molecular weight excluding hydrogens is 270 g/mol. The molecule has 0 radical (unpaired) electrons. The number of rotatable bonds is 4. The molecule has 0 spiro atoms. The number of benzene rings is 1. The molecule has 0 saturated carbocycles. The van der Waals surface area contributed by atoms with Gasteiger partial charge in [0, 0.05) is 24.1 Å². The summed E-state index contributed by atoms with van der Waals surface area (Å²) in [6.07, 6.45) is 5.21. The third-order valence-electron chi connectivity index (χ3n) is 3.04. The molecule has 0 bridgehead atoms. The summed E-state index contributed by atoms with van der Waals surface area (Å²) in [4.78, 5) is 8.54. The first-order chi connectivity index (χ1) is 10.2. The zero-order valence-electron chi connectivity index (χ0n) is 11.7. The molecule has 3 N–H and O–H groups in total. The Morgan fingerprint density at radius 2 is 2.00 bits per heavy atom. The van der Waals surface area contributed by atoms with Crippen molar-refractivity contribution in [2.45, 2.75) is 0 Å². The van der Waals surface area contributed by atoms with Gasteiger partial charge in [-0.25, -0.2) is 9.97 Å². The Labute approximate surface area is 121 Å². The average molecular weight is 285 g/mol. The van der Waals surface area contributed by atoms with Crippen molar-refractivity contribution in [2.24, 2.45) is 0 Å². The number of hydrogen-bond donors (Lipinski definition) is 2. The van der Waals surface area contributed by atoms with Crippen molar-refractivity contribution in [1.29, 1.82) is 0 Å². The summed E-state index contributed by atoms with van der Waals surface area (Å²) in [6, 6.07) is 5.50. The molecule has 0 aliphatic rings. The summed E-state index contributed by atoms with van der Waals surface area (Å²) >= 11 is 0. The van der Waals surface area contributed by atoms with E-state index in [9.17, 15) is 0 Å². The minimum atomic E-state index is 0.406. The van der Waals surface area contributed by atoms with Crippen LogP contribution in [-0.2, 0) is 0 Å². The Kier molecular flexibility index (Phi) is 3.23. The van der Waals surface area contributed by atoms with Crippen molar-refractivity contribution in [3.63, 3.8) is 0 Å². The molecule has 0 atom stereocenters. The fraction of sp³-hybridized carbons (Fsp3) is 0.143. The van der Waals surface area contributed by atoms with Gasteiger partial charge in [-0.15, -0.1) is 0 Å². The van der Waals surface area contributed by atoms with Crippen LogP contribution in [0.4, 0.5) is 17.3 Å². The molecule has 3 aromatic rings. The lowest BCUT2D eigenvalue weighted by molar-refractivity contribution is 0.355. The van der Waals surface area contributed by atoms with Crippen LogP contribution in [0.2, 0.25) is 0 Å². The van der Waals surface area contributed by atoms with E-state index < -0.39 is 0 Å². The fourth-order valence-electron chi connectivity index (χ4n) is 2.09. The summed E-state index contributed by atoms with van der Waals surface area (Å²) < 4.78 is 12.3. The van der Waals surface area contributed by atoms with E-state index >= 15 is 0 Å². The average Bonchev–Trinajstić information content (AvgIpc) is 2.95. The van der Waals surface area contributed by atoms with Gasteiger partial charge in [0.15, 0.2) is 23.0 Å². The number of hydrogen-bond acceptors (Lipinski definition) is 6. The Morgan fingerprint density at radius 3 is 2.76 bits per heavy atom. The lowest BCUT2D eigenvalue weighted by Crippen LogP contribution is -2.02. The Morgan fingerprint density at radius 1 is 1.19 bits per heavy atom. The SMILES string of the molecule is COc1ccc(Nc2nc(N)cn3ccnc23)cc1OC. The standard InChI is InChI=1S/C14H15N5O2/c1-20-10-4-3-9(7-11(10)21-2)17-13-14-16-5-6-19(14)8-12(15)18-13/h3-8H,15H2,1-2H3,(H,17,18). The maximum absolute atomic E-state index is 5.79. The summed E-state index contributed by atoms with van der Waals surface area (Å²) in [5.41, 5.74) is 7.29. The van der Waals surface area contributed by atoms with Crippen LogP contribution in [0.15, 0.2) is 36.8 Å². The number of fused-ring (bicyclic) bond motifs is 1. The first-order valence-electron chi connectivity index (χ1n) is 6.29. The third-order valence-corrected chi connectivity index (χ3v) is 3.04. The van der Waals surface area contributed by atoms with Gasteiger partial charge in [-0.3, -0.25) is 0 Å². The topological polar surface area (TPSA) is 86.7 Å². The zero-order valence-corrected chi connectivity index (χ0v) is 11.7. The summed E-state index contributed by atoms with van der Waals surface area (Å²) in [6.45, 7) is 0. The molecular formula is C14H15N5O2. The molecule has 0 unspecified atom stereocenters. The van der Waals surface area contributed by atoms with Crippen LogP contribution >= 0.6 is 0 Å². The number of ether oxygens (including phenoxy) is 2. The van der Waals surface area contributed by atoms with Crippen molar-refractivity contribution >= 4 is 23.0 Å². The van der Waals surface area contributed by atoms with Crippen LogP contribution in [-0.4, -0.2) is 28.6 Å². The van der Waals surface area contributed by atoms with Crippen LogP contribution in [0, 0.1) is 0 Å². The van der Waals surface area contributed by atoms with Crippen molar-refractivity contribution in [2.75, 3.05) is 25.3 Å². The van der Waals surface area contributed by atoms with Gasteiger partial charge < -0.3 is 24.9 Å². The minimum absolute atomic E-state index is 0.406. The number of nitrogen functional groups attached to an aromatic ring is 1. The van der Waals surface area contributed by atoms with Crippen molar-refractivity contribution in [1.82, 2.24) is 14.4 Å². The van der Waals surface area contributed by atoms with Crippen LogP contribution in [0.3, 0.4) is 0 Å². The van der Waals surface area contributed by atoms with Crippen LogP contribution in [0.1, 0.15) is 0 Å². The van der Waals surface area contributed by atoms with Crippen LogP contribution in [0.5, 0.6) is 11.5 Å². The van der Waals surface area contributed by atoms with Gasteiger partial charge in [-0.05, 0) is 12.1 Å². The second-order valence-corrected chi connectivity index (χ2v) is 4.37. The van der Waals surface area contributed by atoms with E-state index in [1.807, 2.05) is 28.8 Å². The van der Waals surface area contributed by atoms with E-state index in [0.717, 1.165) is 5.69 Å². The van der Waals surface area contributed by atoms with E-state index in [2.05, 4.69) is 15.3 Å². The number of methoxy groups -OCH3 is 2. The predicted octanol–water partition coefficient (Wildman–Crippen LogP) is 2.07. The summed E-state index contributed by atoms with van der Waals surface area (Å²) in [7, 11) is 3.19. The Hall–Kier alpha value is -2.96. The smallest absolute Gasteiger partial charge is 0.180 e. The first kappa shape index (κ1) is 13.0. The predicted molar refractivity (Wildman–Crippen MR) is 80.2 cm³/mol. The molecule has 0 amide bonds. The molecule has 3 rings (SSSR count). The van der Waals surface area contributed by atoms with E-state index in [1.165, 1.54) is 0 Å². The molecule has 7 heteroatoms. The number of nitrogens with two attached hydrogens (primary N) is 1. The van der Waals surface area contributed by atoms with E-state index in [1.54, 1.807) is 26.6 Å². The maximum atomic E-state index is 5.79. The molecule has 1 aromatic carbocycles. The van der Waals surface area contributed by atoms with E-state index in [-0.39, 0.29) is 0 Å². The highest BCUT2D eigenvalue weighted by molar-refractivity contribution is 5.72. The highest BCUT2D eigenvalue weighted by Gasteiger charge is 2.09. The molecule has 108 valence electrons. The van der Waals surface area contributed by atoms with Crippen molar-refractivity contribution < 1.29 is 9.47 Å². The van der Waals surface area contributed by atoms with Gasteiger partial charge in [-0.1, -0.05) is 0 Å². The Bertz CT molecular complexity index is 784. The molecule has 0 fully saturated rings. The molecule has 0 saturated heterocycles. The van der Waals surface area contributed by atoms with Crippen molar-refractivity contribution in [3.8, 4) is 11.5 Å². The summed E-state index contributed by atoms with van der Waals surface area (Å²) in [5.74, 6) is 2.27. The minimum Gasteiger partial charge on any atom is -0.493 e. The van der Waals surface area contributed by atoms with E-state index in [0.29, 0.717) is 28.8 Å². The lowest BCUT2D eigenvalue weighted by Gasteiger charge is -2.11. The van der Waals surface area contributed by atoms with Gasteiger partial charge in [0.25, 0.3) is 0 Å². The Balaban J connectivity index is 2.00. The second kappa shape index (κ2) is 5.20. The third kappa shape index (κ3) is 2.40. The van der Waals surface area contributed by atoms with Gasteiger partial charge in [0.2, 0.25) is 0 Å². The lowest BCUT2D eigenvalue weighted by atomic mass is 10.2. The summed E-state index contributed by atoms with van der Waals surface area (Å²) in [5, 5.41) is 3.19. The quantitative estimate of drug-likeness (QED) is 0.763. The number of nitrogens with one attached hydrogen (secondary N) is 1. The highest BCUT2D eigenvalue weighted by atomic mass is 16.5. The fourth-order valence-corrected chi connectivity index (χ4v) is 2.09. The van der Waals surface area contributed by atoms with Gasteiger partial charge in [-0.2, -0.15) is 0 Å².